The molecule has 2 N–H and O–H groups in total. The van der Waals surface area contributed by atoms with Crippen LogP contribution in [0.1, 0.15) is 5.56 Å². The third-order valence-corrected chi connectivity index (χ3v) is 3.83. The number of aromatic nitrogens is 1. The van der Waals surface area contributed by atoms with Crippen LogP contribution in [0.15, 0.2) is 41.4 Å². The maximum absolute atomic E-state index is 5.66. The lowest BCUT2D eigenvalue weighted by Crippen LogP contribution is -2.15. The van der Waals surface area contributed by atoms with Gasteiger partial charge in [0.1, 0.15) is 19.0 Å². The van der Waals surface area contributed by atoms with E-state index in [1.807, 2.05) is 30.3 Å². The summed E-state index contributed by atoms with van der Waals surface area (Å²) in [5, 5.41) is 0. The van der Waals surface area contributed by atoms with Crippen LogP contribution < -0.4 is 15.2 Å². The fraction of sp³-hybridized carbons (Fsp3) is 0.214. The summed E-state index contributed by atoms with van der Waals surface area (Å²) in [5.41, 5.74) is 6.82. The zero-order chi connectivity index (χ0) is 13.1. The minimum absolute atomic E-state index is 0.556. The van der Waals surface area contributed by atoms with Crippen molar-refractivity contribution in [3.63, 3.8) is 0 Å². The number of pyridine rings is 1. The molecule has 98 valence electrons. The fourth-order valence-electron chi connectivity index (χ4n) is 1.86. The lowest BCUT2D eigenvalue weighted by Gasteiger charge is -2.18. The van der Waals surface area contributed by atoms with Gasteiger partial charge in [-0.15, -0.1) is 11.8 Å². The molecule has 19 heavy (non-hydrogen) atoms. The van der Waals surface area contributed by atoms with E-state index in [4.69, 9.17) is 15.2 Å². The summed E-state index contributed by atoms with van der Waals surface area (Å²) in [4.78, 5) is 5.14. The van der Waals surface area contributed by atoms with Crippen molar-refractivity contribution in [3.05, 3.63) is 42.1 Å². The number of ether oxygens (including phenoxy) is 2. The van der Waals surface area contributed by atoms with Crippen molar-refractivity contribution in [2.75, 3.05) is 18.9 Å². The molecule has 0 unspecified atom stereocenters. The first-order valence-electron chi connectivity index (χ1n) is 6.04. The normalized spacial score (nSPS) is 13.3. The monoisotopic (exact) mass is 274 g/mol. The molecule has 1 aliphatic heterocycles. The Labute approximate surface area is 115 Å². The molecule has 0 saturated heterocycles. The Balaban J connectivity index is 1.70. The number of fused-ring (bicyclic) bond motifs is 1. The Hall–Kier alpha value is -1.88. The van der Waals surface area contributed by atoms with Gasteiger partial charge in [0.05, 0.1) is 0 Å². The number of nitrogens with two attached hydrogens (primary N) is 1. The Morgan fingerprint density at radius 2 is 1.95 bits per heavy atom. The standard InChI is InChI=1S/C14H14N2O2S/c15-14-7-10(3-4-16-14)9-19-11-1-2-12-13(8-11)18-6-5-17-12/h1-4,7-8H,5-6,9H2,(H2,15,16). The molecule has 0 spiro atoms. The summed E-state index contributed by atoms with van der Waals surface area (Å²) in [5.74, 6) is 3.06. The molecule has 1 aliphatic rings. The Bertz CT molecular complexity index is 589. The minimum Gasteiger partial charge on any atom is -0.486 e. The molecule has 4 nitrogen and oxygen atoms in total. The van der Waals surface area contributed by atoms with Crippen molar-refractivity contribution in [2.24, 2.45) is 0 Å². The lowest BCUT2D eigenvalue weighted by molar-refractivity contribution is 0.171. The predicted octanol–water partition coefficient (Wildman–Crippen LogP) is 2.73. The van der Waals surface area contributed by atoms with E-state index in [0.717, 1.165) is 27.7 Å². The number of anilines is 1. The van der Waals surface area contributed by atoms with E-state index in [1.54, 1.807) is 18.0 Å². The van der Waals surface area contributed by atoms with E-state index >= 15 is 0 Å². The first kappa shape index (κ1) is 12.2. The minimum atomic E-state index is 0.556. The molecule has 0 bridgehead atoms. The molecule has 2 heterocycles. The van der Waals surface area contributed by atoms with Crippen LogP contribution >= 0.6 is 11.8 Å². The summed E-state index contributed by atoms with van der Waals surface area (Å²) in [6, 6.07) is 9.89. The van der Waals surface area contributed by atoms with E-state index in [2.05, 4.69) is 4.98 Å². The summed E-state index contributed by atoms with van der Waals surface area (Å²) in [7, 11) is 0. The van der Waals surface area contributed by atoms with Crippen molar-refractivity contribution in [1.29, 1.82) is 0 Å². The summed E-state index contributed by atoms with van der Waals surface area (Å²) in [6.07, 6.45) is 1.73. The molecule has 0 aliphatic carbocycles. The van der Waals surface area contributed by atoms with Crippen LogP contribution in [0, 0.1) is 0 Å². The van der Waals surface area contributed by atoms with Gasteiger partial charge in [0, 0.05) is 16.8 Å². The SMILES string of the molecule is Nc1cc(CSc2ccc3c(c2)OCCO3)ccn1. The molecule has 0 fully saturated rings. The highest BCUT2D eigenvalue weighted by Crippen LogP contribution is 2.35. The second-order valence-electron chi connectivity index (χ2n) is 4.18. The highest BCUT2D eigenvalue weighted by atomic mass is 32.2. The zero-order valence-corrected chi connectivity index (χ0v) is 11.2. The maximum atomic E-state index is 5.66. The van der Waals surface area contributed by atoms with Crippen molar-refractivity contribution in [2.45, 2.75) is 10.6 Å². The highest BCUT2D eigenvalue weighted by Gasteiger charge is 2.11. The van der Waals surface area contributed by atoms with Crippen LogP contribution in [0.3, 0.4) is 0 Å². The molecule has 5 heteroatoms. The van der Waals surface area contributed by atoms with Gasteiger partial charge in [-0.2, -0.15) is 0 Å². The molecule has 1 aromatic carbocycles. The summed E-state index contributed by atoms with van der Waals surface area (Å²) < 4.78 is 11.1. The van der Waals surface area contributed by atoms with Crippen molar-refractivity contribution in [3.8, 4) is 11.5 Å². The summed E-state index contributed by atoms with van der Waals surface area (Å²) >= 11 is 1.74. The van der Waals surface area contributed by atoms with Crippen molar-refractivity contribution in [1.82, 2.24) is 4.98 Å². The van der Waals surface area contributed by atoms with Crippen LogP contribution in [-0.4, -0.2) is 18.2 Å². The topological polar surface area (TPSA) is 57.4 Å². The third-order valence-electron chi connectivity index (χ3n) is 2.76. The Morgan fingerprint density at radius 3 is 2.79 bits per heavy atom. The van der Waals surface area contributed by atoms with Crippen LogP contribution in [0.25, 0.3) is 0 Å². The quantitative estimate of drug-likeness (QED) is 0.872. The molecular weight excluding hydrogens is 260 g/mol. The number of benzene rings is 1. The average Bonchev–Trinajstić information content (AvgIpc) is 2.45. The summed E-state index contributed by atoms with van der Waals surface area (Å²) in [6.45, 7) is 1.23. The largest absolute Gasteiger partial charge is 0.486 e. The number of nitrogen functional groups attached to an aromatic ring is 1. The van der Waals surface area contributed by atoms with Gasteiger partial charge in [0.25, 0.3) is 0 Å². The zero-order valence-electron chi connectivity index (χ0n) is 10.3. The molecular formula is C14H14N2O2S. The van der Waals surface area contributed by atoms with Gasteiger partial charge in [-0.1, -0.05) is 0 Å². The second kappa shape index (κ2) is 5.40. The average molecular weight is 274 g/mol. The Kier molecular flexibility index (Phi) is 3.46. The molecule has 0 radical (unpaired) electrons. The van der Waals surface area contributed by atoms with Gasteiger partial charge in [-0.3, -0.25) is 0 Å². The lowest BCUT2D eigenvalue weighted by atomic mass is 10.3. The van der Waals surface area contributed by atoms with Crippen molar-refractivity contribution < 1.29 is 9.47 Å². The van der Waals surface area contributed by atoms with E-state index in [0.29, 0.717) is 19.0 Å². The number of nitrogens with zero attached hydrogens (tertiary/aromatic N) is 1. The van der Waals surface area contributed by atoms with Crippen molar-refractivity contribution >= 4 is 17.6 Å². The van der Waals surface area contributed by atoms with E-state index in [-0.39, 0.29) is 0 Å². The van der Waals surface area contributed by atoms with Crippen LogP contribution in [0.5, 0.6) is 11.5 Å². The number of thioether (sulfide) groups is 1. The molecule has 0 amide bonds. The maximum Gasteiger partial charge on any atom is 0.162 e. The molecule has 1 aromatic heterocycles. The smallest absolute Gasteiger partial charge is 0.162 e. The first-order valence-corrected chi connectivity index (χ1v) is 7.03. The van der Waals surface area contributed by atoms with E-state index in [9.17, 15) is 0 Å². The Morgan fingerprint density at radius 1 is 1.11 bits per heavy atom. The molecule has 0 saturated carbocycles. The fourth-order valence-corrected chi connectivity index (χ4v) is 2.73. The van der Waals surface area contributed by atoms with Gasteiger partial charge in [-0.25, -0.2) is 4.98 Å². The van der Waals surface area contributed by atoms with Gasteiger partial charge < -0.3 is 15.2 Å². The predicted molar refractivity (Wildman–Crippen MR) is 75.6 cm³/mol. The van der Waals surface area contributed by atoms with Crippen LogP contribution in [0.4, 0.5) is 5.82 Å². The first-order chi connectivity index (χ1) is 9.31. The third kappa shape index (κ3) is 2.93. The number of hydrogen-bond donors (Lipinski definition) is 1. The number of rotatable bonds is 3. The van der Waals surface area contributed by atoms with Gasteiger partial charge >= 0.3 is 0 Å². The molecule has 2 aromatic rings. The van der Waals surface area contributed by atoms with Gasteiger partial charge in [-0.05, 0) is 35.9 Å². The molecule has 3 rings (SSSR count). The van der Waals surface area contributed by atoms with Gasteiger partial charge in [0.15, 0.2) is 11.5 Å². The van der Waals surface area contributed by atoms with E-state index in [1.165, 1.54) is 0 Å². The highest BCUT2D eigenvalue weighted by molar-refractivity contribution is 7.98. The second-order valence-corrected chi connectivity index (χ2v) is 5.23. The van der Waals surface area contributed by atoms with Crippen LogP contribution in [-0.2, 0) is 5.75 Å². The van der Waals surface area contributed by atoms with E-state index < -0.39 is 0 Å². The number of hydrogen-bond acceptors (Lipinski definition) is 5. The molecule has 0 atom stereocenters. The van der Waals surface area contributed by atoms with Gasteiger partial charge in [0.2, 0.25) is 0 Å². The van der Waals surface area contributed by atoms with Crippen LogP contribution in [0.2, 0.25) is 0 Å².